The zero-order valence-corrected chi connectivity index (χ0v) is 18.5. The molecule has 33 heavy (non-hydrogen) atoms. The maximum atomic E-state index is 12.9. The highest BCUT2D eigenvalue weighted by atomic mass is 35.5. The van der Waals surface area contributed by atoms with Crippen LogP contribution < -0.4 is 9.64 Å². The van der Waals surface area contributed by atoms with Crippen LogP contribution >= 0.6 is 11.6 Å². The SMILES string of the molecule is CCOC(=O)c1ccc(N2CCCN(C(=O)c3cnc(OCC(F)(F)F)c(Cl)c3)CC2)nc1. The number of amides is 1. The molecule has 1 aliphatic rings. The summed E-state index contributed by atoms with van der Waals surface area (Å²) in [5.74, 6) is -0.483. The number of halogens is 4. The van der Waals surface area contributed by atoms with Crippen molar-refractivity contribution in [1.29, 1.82) is 0 Å². The van der Waals surface area contributed by atoms with E-state index in [1.54, 1.807) is 24.0 Å². The Balaban J connectivity index is 1.61. The number of rotatable bonds is 6. The molecule has 3 heterocycles. The molecular formula is C21H22ClF3N4O4. The van der Waals surface area contributed by atoms with E-state index < -0.39 is 18.8 Å². The average Bonchev–Trinajstić information content (AvgIpc) is 3.04. The van der Waals surface area contributed by atoms with Crippen molar-refractivity contribution >= 4 is 29.3 Å². The van der Waals surface area contributed by atoms with Crippen molar-refractivity contribution in [2.45, 2.75) is 19.5 Å². The molecule has 12 heteroatoms. The first kappa shape index (κ1) is 24.6. The van der Waals surface area contributed by atoms with Crippen LogP contribution in [-0.4, -0.2) is 72.3 Å². The van der Waals surface area contributed by atoms with Gasteiger partial charge in [0, 0.05) is 38.6 Å². The van der Waals surface area contributed by atoms with Crippen molar-refractivity contribution < 1.29 is 32.2 Å². The maximum absolute atomic E-state index is 12.9. The van der Waals surface area contributed by atoms with E-state index in [1.807, 2.05) is 4.90 Å². The molecule has 0 saturated carbocycles. The molecule has 0 N–H and O–H groups in total. The van der Waals surface area contributed by atoms with Crippen LogP contribution in [0.15, 0.2) is 30.6 Å². The van der Waals surface area contributed by atoms with Gasteiger partial charge in [0.15, 0.2) is 6.61 Å². The molecule has 0 spiro atoms. The molecule has 0 bridgehead atoms. The fourth-order valence-corrected chi connectivity index (χ4v) is 3.46. The van der Waals surface area contributed by atoms with Crippen LogP contribution in [0, 0.1) is 0 Å². The standard InChI is InChI=1S/C21H22ClF3N4O4/c1-2-32-20(31)14-4-5-17(26-11-14)28-6-3-7-29(9-8-28)19(30)15-10-16(22)18(27-12-15)33-13-21(23,24)25/h4-5,10-12H,2-3,6-9,13H2,1H3. The molecule has 1 amide bonds. The minimum Gasteiger partial charge on any atom is -0.467 e. The Labute approximate surface area is 193 Å². The molecule has 3 rings (SSSR count). The highest BCUT2D eigenvalue weighted by molar-refractivity contribution is 6.32. The zero-order chi connectivity index (χ0) is 24.0. The molecule has 178 valence electrons. The van der Waals surface area contributed by atoms with Gasteiger partial charge in [-0.05, 0) is 31.5 Å². The Morgan fingerprint density at radius 3 is 2.48 bits per heavy atom. The Kier molecular flexibility index (Phi) is 7.96. The molecule has 8 nitrogen and oxygen atoms in total. The van der Waals surface area contributed by atoms with E-state index >= 15 is 0 Å². The summed E-state index contributed by atoms with van der Waals surface area (Å²) in [6, 6.07) is 4.62. The molecular weight excluding hydrogens is 465 g/mol. The number of esters is 1. The molecule has 0 atom stereocenters. The van der Waals surface area contributed by atoms with E-state index in [2.05, 4.69) is 14.7 Å². The van der Waals surface area contributed by atoms with E-state index in [1.165, 1.54) is 12.3 Å². The number of aromatic nitrogens is 2. The summed E-state index contributed by atoms with van der Waals surface area (Å²) in [4.78, 5) is 36.4. The predicted molar refractivity (Wildman–Crippen MR) is 114 cm³/mol. The summed E-state index contributed by atoms with van der Waals surface area (Å²) in [6.07, 6.45) is -1.25. The van der Waals surface area contributed by atoms with Gasteiger partial charge in [-0.1, -0.05) is 11.6 Å². The maximum Gasteiger partial charge on any atom is 0.422 e. The number of anilines is 1. The Morgan fingerprint density at radius 1 is 1.09 bits per heavy atom. The van der Waals surface area contributed by atoms with Crippen LogP contribution in [-0.2, 0) is 4.74 Å². The lowest BCUT2D eigenvalue weighted by molar-refractivity contribution is -0.154. The molecule has 0 radical (unpaired) electrons. The number of carbonyl (C=O) groups is 2. The molecule has 0 aromatic carbocycles. The van der Waals surface area contributed by atoms with Crippen molar-refractivity contribution in [2.75, 3.05) is 44.3 Å². The normalized spacial score (nSPS) is 14.6. The average molecular weight is 487 g/mol. The third kappa shape index (κ3) is 6.70. The van der Waals surface area contributed by atoms with E-state index in [9.17, 15) is 22.8 Å². The first-order valence-corrected chi connectivity index (χ1v) is 10.6. The van der Waals surface area contributed by atoms with E-state index in [-0.39, 0.29) is 29.0 Å². The lowest BCUT2D eigenvalue weighted by Gasteiger charge is -2.23. The van der Waals surface area contributed by atoms with E-state index in [4.69, 9.17) is 16.3 Å². The molecule has 2 aromatic rings. The van der Waals surface area contributed by atoms with Crippen LogP contribution in [0.4, 0.5) is 19.0 Å². The Bertz CT molecular complexity index is 988. The van der Waals surface area contributed by atoms with E-state index in [0.717, 1.165) is 6.20 Å². The van der Waals surface area contributed by atoms with Gasteiger partial charge in [-0.2, -0.15) is 13.2 Å². The highest BCUT2D eigenvalue weighted by Gasteiger charge is 2.29. The molecule has 1 aliphatic heterocycles. The third-order valence-corrected chi connectivity index (χ3v) is 5.06. The van der Waals surface area contributed by atoms with Gasteiger partial charge in [0.25, 0.3) is 5.91 Å². The molecule has 1 fully saturated rings. The van der Waals surface area contributed by atoms with Gasteiger partial charge >= 0.3 is 12.1 Å². The number of nitrogens with zero attached hydrogens (tertiary/aromatic N) is 4. The van der Waals surface area contributed by atoms with Crippen molar-refractivity contribution in [3.8, 4) is 5.88 Å². The van der Waals surface area contributed by atoms with Gasteiger partial charge in [-0.3, -0.25) is 4.79 Å². The Hall–Kier alpha value is -3.08. The zero-order valence-electron chi connectivity index (χ0n) is 17.8. The predicted octanol–water partition coefficient (Wildman–Crippen LogP) is 3.60. The summed E-state index contributed by atoms with van der Waals surface area (Å²) in [7, 11) is 0. The van der Waals surface area contributed by atoms with Gasteiger partial charge in [0.1, 0.15) is 10.8 Å². The number of hydrogen-bond acceptors (Lipinski definition) is 7. The highest BCUT2D eigenvalue weighted by Crippen LogP contribution is 2.26. The Morgan fingerprint density at radius 2 is 1.85 bits per heavy atom. The lowest BCUT2D eigenvalue weighted by Crippen LogP contribution is -2.35. The van der Waals surface area contributed by atoms with Crippen LogP contribution in [0.25, 0.3) is 0 Å². The van der Waals surface area contributed by atoms with Gasteiger partial charge < -0.3 is 19.3 Å². The van der Waals surface area contributed by atoms with Crippen molar-refractivity contribution in [3.63, 3.8) is 0 Å². The number of carbonyl (C=O) groups excluding carboxylic acids is 2. The summed E-state index contributed by atoms with van der Waals surface area (Å²) < 4.78 is 46.5. The quantitative estimate of drug-likeness (QED) is 0.577. The van der Waals surface area contributed by atoms with Crippen LogP contribution in [0.2, 0.25) is 5.02 Å². The van der Waals surface area contributed by atoms with Gasteiger partial charge in [0.05, 0.1) is 17.7 Å². The second kappa shape index (κ2) is 10.7. The summed E-state index contributed by atoms with van der Waals surface area (Å²) in [5.41, 5.74) is 0.518. The fraction of sp³-hybridized carbons (Fsp3) is 0.429. The first-order chi connectivity index (χ1) is 15.7. The molecule has 0 aliphatic carbocycles. The summed E-state index contributed by atoms with van der Waals surface area (Å²) in [5, 5.41) is -0.174. The minimum absolute atomic E-state index is 0.157. The van der Waals surface area contributed by atoms with Crippen molar-refractivity contribution in [3.05, 3.63) is 46.7 Å². The topological polar surface area (TPSA) is 84.9 Å². The molecule has 0 unspecified atom stereocenters. The van der Waals surface area contributed by atoms with Crippen molar-refractivity contribution in [2.24, 2.45) is 0 Å². The van der Waals surface area contributed by atoms with Crippen molar-refractivity contribution in [1.82, 2.24) is 14.9 Å². The monoisotopic (exact) mass is 486 g/mol. The largest absolute Gasteiger partial charge is 0.467 e. The van der Waals surface area contributed by atoms with Crippen LogP contribution in [0.1, 0.15) is 34.1 Å². The second-order valence-electron chi connectivity index (χ2n) is 7.17. The van der Waals surface area contributed by atoms with Crippen LogP contribution in [0.5, 0.6) is 5.88 Å². The molecule has 1 saturated heterocycles. The van der Waals surface area contributed by atoms with Gasteiger partial charge in [-0.25, -0.2) is 14.8 Å². The minimum atomic E-state index is -4.52. The third-order valence-electron chi connectivity index (χ3n) is 4.79. The number of alkyl halides is 3. The smallest absolute Gasteiger partial charge is 0.422 e. The van der Waals surface area contributed by atoms with Crippen LogP contribution in [0.3, 0.4) is 0 Å². The van der Waals surface area contributed by atoms with Gasteiger partial charge in [-0.15, -0.1) is 0 Å². The number of pyridine rings is 2. The van der Waals surface area contributed by atoms with E-state index in [0.29, 0.717) is 44.0 Å². The number of hydrogen-bond donors (Lipinski definition) is 0. The number of ether oxygens (including phenoxy) is 2. The fourth-order valence-electron chi connectivity index (χ4n) is 3.24. The lowest BCUT2D eigenvalue weighted by atomic mass is 10.2. The second-order valence-corrected chi connectivity index (χ2v) is 7.58. The molecule has 2 aromatic heterocycles. The van der Waals surface area contributed by atoms with Gasteiger partial charge in [0.2, 0.25) is 5.88 Å². The summed E-state index contributed by atoms with van der Waals surface area (Å²) >= 11 is 5.96. The first-order valence-electron chi connectivity index (χ1n) is 10.2. The summed E-state index contributed by atoms with van der Waals surface area (Å²) in [6.45, 7) is 2.50.